The molecule has 110 valence electrons. The van der Waals surface area contributed by atoms with Crippen molar-refractivity contribution in [2.24, 2.45) is 5.73 Å². The number of aryl methyl sites for hydroxylation is 1. The molecule has 6 heteroatoms. The van der Waals surface area contributed by atoms with Gasteiger partial charge in [-0.25, -0.2) is 0 Å². The van der Waals surface area contributed by atoms with Gasteiger partial charge in [0.2, 0.25) is 5.88 Å². The second kappa shape index (κ2) is 5.83. The van der Waals surface area contributed by atoms with Gasteiger partial charge in [0.05, 0.1) is 11.9 Å². The lowest BCUT2D eigenvalue weighted by Gasteiger charge is -2.10. The van der Waals surface area contributed by atoms with Gasteiger partial charge >= 0.3 is 0 Å². The van der Waals surface area contributed by atoms with Crippen LogP contribution < -0.4 is 10.5 Å². The first-order valence-corrected chi connectivity index (χ1v) is 7.86. The zero-order valence-corrected chi connectivity index (χ0v) is 12.9. The van der Waals surface area contributed by atoms with Gasteiger partial charge in [0.25, 0.3) is 0 Å². The molecule has 3 rings (SSSR count). The molecule has 3 aromatic heterocycles. The number of pyridine rings is 1. The molecule has 3 aromatic rings. The summed E-state index contributed by atoms with van der Waals surface area (Å²) in [5.41, 5.74) is 8.08. The molecule has 0 radical (unpaired) electrons. The molecular formula is C15H18N4OS. The molecule has 3 heterocycles. The predicted octanol–water partition coefficient (Wildman–Crippen LogP) is 3.17. The Balaban J connectivity index is 1.94. The minimum Gasteiger partial charge on any atom is -0.436 e. The summed E-state index contributed by atoms with van der Waals surface area (Å²) in [5.74, 6) is 1.31. The van der Waals surface area contributed by atoms with Gasteiger partial charge in [0.15, 0.2) is 4.96 Å². The summed E-state index contributed by atoms with van der Waals surface area (Å²) in [6, 6.07) is 3.92. The van der Waals surface area contributed by atoms with Crippen LogP contribution in [-0.4, -0.2) is 20.4 Å². The highest BCUT2D eigenvalue weighted by Gasteiger charge is 2.17. The summed E-state index contributed by atoms with van der Waals surface area (Å²) >= 11 is 1.59. The van der Waals surface area contributed by atoms with Gasteiger partial charge in [0.1, 0.15) is 5.75 Å². The van der Waals surface area contributed by atoms with Gasteiger partial charge in [-0.05, 0) is 25.5 Å². The van der Waals surface area contributed by atoms with Gasteiger partial charge in [-0.15, -0.1) is 11.3 Å². The van der Waals surface area contributed by atoms with Gasteiger partial charge < -0.3 is 10.5 Å². The number of hydrogen-bond acceptors (Lipinski definition) is 5. The smallest absolute Gasteiger partial charge is 0.242 e. The molecule has 0 amide bonds. The Morgan fingerprint density at radius 1 is 1.43 bits per heavy atom. The summed E-state index contributed by atoms with van der Waals surface area (Å²) in [4.78, 5) is 9.72. The zero-order chi connectivity index (χ0) is 14.8. The van der Waals surface area contributed by atoms with Crippen molar-refractivity contribution in [2.45, 2.75) is 32.7 Å². The first kappa shape index (κ1) is 14.0. The molecular weight excluding hydrogens is 284 g/mol. The Hall–Kier alpha value is -1.92. The molecule has 0 spiro atoms. The van der Waals surface area contributed by atoms with E-state index in [1.54, 1.807) is 17.5 Å². The lowest BCUT2D eigenvalue weighted by Crippen LogP contribution is -2.22. The van der Waals surface area contributed by atoms with E-state index in [1.807, 2.05) is 30.6 Å². The molecule has 0 aromatic carbocycles. The Kier molecular flexibility index (Phi) is 3.90. The van der Waals surface area contributed by atoms with E-state index in [2.05, 4.69) is 21.3 Å². The second-order valence-corrected chi connectivity index (χ2v) is 5.90. The van der Waals surface area contributed by atoms with Crippen LogP contribution in [-0.2, 0) is 6.42 Å². The van der Waals surface area contributed by atoms with Crippen LogP contribution in [0.15, 0.2) is 29.9 Å². The van der Waals surface area contributed by atoms with E-state index in [1.165, 1.54) is 0 Å². The third kappa shape index (κ3) is 2.91. The van der Waals surface area contributed by atoms with E-state index in [0.29, 0.717) is 11.6 Å². The number of nitrogens with two attached hydrogens (primary N) is 1. The number of fused-ring (bicyclic) bond motifs is 1. The molecule has 0 aliphatic carbocycles. The van der Waals surface area contributed by atoms with E-state index >= 15 is 0 Å². The molecule has 0 saturated heterocycles. The molecule has 1 unspecified atom stereocenters. The van der Waals surface area contributed by atoms with Crippen LogP contribution in [0.1, 0.15) is 24.7 Å². The summed E-state index contributed by atoms with van der Waals surface area (Å²) in [7, 11) is 0. The Labute approximate surface area is 127 Å². The molecule has 2 N–H and O–H groups in total. The number of ether oxygens (including phenoxy) is 1. The van der Waals surface area contributed by atoms with E-state index < -0.39 is 0 Å². The summed E-state index contributed by atoms with van der Waals surface area (Å²) in [6.07, 6.45) is 5.38. The average Bonchev–Trinajstić information content (AvgIpc) is 3.04. The number of aromatic nitrogens is 3. The fraction of sp³-hybridized carbons (Fsp3) is 0.333. The maximum atomic E-state index is 6.10. The van der Waals surface area contributed by atoms with Crippen molar-refractivity contribution in [1.82, 2.24) is 14.4 Å². The number of nitrogens with zero attached hydrogens (tertiary/aromatic N) is 3. The number of imidazole rings is 1. The number of thiazole rings is 1. The highest BCUT2D eigenvalue weighted by Crippen LogP contribution is 2.28. The minimum absolute atomic E-state index is 0.100. The van der Waals surface area contributed by atoms with Crippen molar-refractivity contribution < 1.29 is 4.74 Å². The lowest BCUT2D eigenvalue weighted by molar-refractivity contribution is 0.452. The molecule has 0 aliphatic rings. The number of rotatable bonds is 5. The van der Waals surface area contributed by atoms with Gasteiger partial charge in [-0.1, -0.05) is 6.92 Å². The van der Waals surface area contributed by atoms with E-state index in [0.717, 1.165) is 29.2 Å². The van der Waals surface area contributed by atoms with Crippen LogP contribution in [0.4, 0.5) is 0 Å². The first-order chi connectivity index (χ1) is 10.2. The quantitative estimate of drug-likeness (QED) is 0.786. The standard InChI is InChI=1S/C15H18N4OS/c1-3-11(16)8-13-14(18-15-19(13)6-7-21-15)20-12-5-4-10(2)17-9-12/h4-7,9,11H,3,8,16H2,1-2H3. The Morgan fingerprint density at radius 2 is 2.29 bits per heavy atom. The summed E-state index contributed by atoms with van der Waals surface area (Å²) in [5, 5.41) is 2.01. The topological polar surface area (TPSA) is 65.4 Å². The van der Waals surface area contributed by atoms with Crippen molar-refractivity contribution in [3.05, 3.63) is 41.3 Å². The minimum atomic E-state index is 0.100. The second-order valence-electron chi connectivity index (χ2n) is 5.03. The van der Waals surface area contributed by atoms with Crippen molar-refractivity contribution in [1.29, 1.82) is 0 Å². The van der Waals surface area contributed by atoms with Crippen LogP contribution >= 0.6 is 11.3 Å². The normalized spacial score (nSPS) is 12.7. The van der Waals surface area contributed by atoms with Gasteiger partial charge in [0, 0.05) is 29.7 Å². The fourth-order valence-electron chi connectivity index (χ4n) is 2.10. The Bertz CT molecular complexity index is 732. The van der Waals surface area contributed by atoms with E-state index in [-0.39, 0.29) is 6.04 Å². The van der Waals surface area contributed by atoms with Crippen molar-refractivity contribution in [2.75, 3.05) is 0 Å². The monoisotopic (exact) mass is 302 g/mol. The van der Waals surface area contributed by atoms with Crippen molar-refractivity contribution in [3.63, 3.8) is 0 Å². The third-order valence-electron chi connectivity index (χ3n) is 3.40. The highest BCUT2D eigenvalue weighted by molar-refractivity contribution is 7.15. The van der Waals surface area contributed by atoms with Crippen molar-refractivity contribution in [3.8, 4) is 11.6 Å². The predicted molar refractivity (Wildman–Crippen MR) is 84.1 cm³/mol. The molecule has 0 bridgehead atoms. The Morgan fingerprint density at radius 3 is 3.00 bits per heavy atom. The van der Waals surface area contributed by atoms with Gasteiger partial charge in [-0.2, -0.15) is 4.98 Å². The molecule has 5 nitrogen and oxygen atoms in total. The van der Waals surface area contributed by atoms with Crippen LogP contribution in [0.25, 0.3) is 4.96 Å². The highest BCUT2D eigenvalue weighted by atomic mass is 32.1. The zero-order valence-electron chi connectivity index (χ0n) is 12.1. The third-order valence-corrected chi connectivity index (χ3v) is 4.16. The molecule has 0 saturated carbocycles. The molecule has 1 atom stereocenters. The summed E-state index contributed by atoms with van der Waals surface area (Å²) in [6.45, 7) is 4.03. The van der Waals surface area contributed by atoms with E-state index in [4.69, 9.17) is 10.5 Å². The largest absolute Gasteiger partial charge is 0.436 e. The maximum absolute atomic E-state index is 6.10. The van der Waals surface area contributed by atoms with Crippen LogP contribution in [0, 0.1) is 6.92 Å². The molecule has 0 aliphatic heterocycles. The van der Waals surface area contributed by atoms with Gasteiger partial charge in [-0.3, -0.25) is 9.38 Å². The van der Waals surface area contributed by atoms with Crippen molar-refractivity contribution >= 4 is 16.3 Å². The average molecular weight is 302 g/mol. The van der Waals surface area contributed by atoms with Crippen LogP contribution in [0.3, 0.4) is 0 Å². The first-order valence-electron chi connectivity index (χ1n) is 6.98. The fourth-order valence-corrected chi connectivity index (χ4v) is 2.82. The summed E-state index contributed by atoms with van der Waals surface area (Å²) < 4.78 is 7.96. The van der Waals surface area contributed by atoms with Crippen LogP contribution in [0.2, 0.25) is 0 Å². The SMILES string of the molecule is CCC(N)Cc1c(Oc2ccc(C)nc2)nc2sccn12. The number of hydrogen-bond donors (Lipinski definition) is 1. The van der Waals surface area contributed by atoms with Crippen LogP contribution in [0.5, 0.6) is 11.6 Å². The molecule has 0 fully saturated rings. The molecule has 21 heavy (non-hydrogen) atoms. The maximum Gasteiger partial charge on any atom is 0.242 e. The van der Waals surface area contributed by atoms with E-state index in [9.17, 15) is 0 Å². The lowest BCUT2D eigenvalue weighted by atomic mass is 10.1.